The number of fused-ring (bicyclic) bond motifs is 1. The number of nitrogens with zero attached hydrogens (tertiary/aromatic N) is 3. The zero-order valence-corrected chi connectivity index (χ0v) is 15.6. The van der Waals surface area contributed by atoms with E-state index >= 15 is 0 Å². The molecule has 0 radical (unpaired) electrons. The Morgan fingerprint density at radius 1 is 1.33 bits per heavy atom. The molecule has 2 atom stereocenters. The summed E-state index contributed by atoms with van der Waals surface area (Å²) in [5.74, 6) is 1.05. The summed E-state index contributed by atoms with van der Waals surface area (Å²) < 4.78 is 0. The number of piperazine rings is 1. The molecule has 0 aliphatic carbocycles. The molecule has 0 bridgehead atoms. The number of amides is 2. The summed E-state index contributed by atoms with van der Waals surface area (Å²) >= 11 is 3.50. The highest BCUT2D eigenvalue weighted by molar-refractivity contribution is 8.01. The van der Waals surface area contributed by atoms with Gasteiger partial charge in [-0.25, -0.2) is 0 Å². The van der Waals surface area contributed by atoms with Crippen molar-refractivity contribution >= 4 is 34.9 Å². The van der Waals surface area contributed by atoms with E-state index in [1.54, 1.807) is 23.1 Å². The van der Waals surface area contributed by atoms with Crippen molar-refractivity contribution in [1.29, 1.82) is 0 Å². The number of thiophene rings is 1. The minimum Gasteiger partial charge on any atom is -0.338 e. The fourth-order valence-electron chi connectivity index (χ4n) is 3.98. The van der Waals surface area contributed by atoms with E-state index in [4.69, 9.17) is 0 Å². The summed E-state index contributed by atoms with van der Waals surface area (Å²) in [6.07, 6.45) is 1.45. The highest BCUT2D eigenvalue weighted by Crippen LogP contribution is 2.47. The molecule has 0 saturated carbocycles. The lowest BCUT2D eigenvalue weighted by Gasteiger charge is -2.38. The molecule has 1 aromatic rings. The smallest absolute Gasteiger partial charge is 0.246 e. The molecule has 4 rings (SSSR count). The Morgan fingerprint density at radius 3 is 2.83 bits per heavy atom. The Labute approximate surface area is 151 Å². The summed E-state index contributed by atoms with van der Waals surface area (Å²) in [4.78, 5) is 31.3. The summed E-state index contributed by atoms with van der Waals surface area (Å²) in [6, 6.07) is 1.91. The Hall–Kier alpha value is -1.05. The van der Waals surface area contributed by atoms with E-state index in [2.05, 4.69) is 28.7 Å². The number of hydrogen-bond donors (Lipinski definition) is 0. The summed E-state index contributed by atoms with van der Waals surface area (Å²) in [5, 5.41) is 4.30. The monoisotopic (exact) mass is 365 g/mol. The standard InChI is InChI=1S/C17H23N3O2S2/c1-17-4-2-15(21)20(17)14(12-24-17)16(22)19-7-5-18(6-8-19)10-13-3-9-23-11-13/h3,9,11,14H,2,4-8,10,12H2,1H3/t14-,17+/m1/s1. The Morgan fingerprint density at radius 2 is 2.12 bits per heavy atom. The molecule has 3 fully saturated rings. The molecule has 3 aliphatic heterocycles. The number of carbonyl (C=O) groups excluding carboxylic acids is 2. The van der Waals surface area contributed by atoms with E-state index in [0.717, 1.165) is 44.9 Å². The van der Waals surface area contributed by atoms with Crippen LogP contribution in [0.1, 0.15) is 25.3 Å². The number of rotatable bonds is 3. The Bertz CT molecular complexity index is 628. The summed E-state index contributed by atoms with van der Waals surface area (Å²) in [5.41, 5.74) is 1.35. The van der Waals surface area contributed by atoms with Crippen molar-refractivity contribution < 1.29 is 9.59 Å². The number of thioether (sulfide) groups is 1. The van der Waals surface area contributed by atoms with Crippen LogP contribution in [0.4, 0.5) is 0 Å². The molecule has 0 N–H and O–H groups in total. The van der Waals surface area contributed by atoms with Crippen molar-refractivity contribution in [3.63, 3.8) is 0 Å². The van der Waals surface area contributed by atoms with Crippen molar-refractivity contribution in [2.75, 3.05) is 31.9 Å². The highest BCUT2D eigenvalue weighted by atomic mass is 32.2. The molecule has 4 heterocycles. The van der Waals surface area contributed by atoms with E-state index in [1.165, 1.54) is 5.56 Å². The maximum atomic E-state index is 13.0. The van der Waals surface area contributed by atoms with Crippen LogP contribution in [-0.2, 0) is 16.1 Å². The van der Waals surface area contributed by atoms with Gasteiger partial charge in [0.2, 0.25) is 11.8 Å². The molecule has 5 nitrogen and oxygen atoms in total. The fraction of sp³-hybridized carbons (Fsp3) is 0.647. The van der Waals surface area contributed by atoms with Gasteiger partial charge in [-0.15, -0.1) is 11.8 Å². The van der Waals surface area contributed by atoms with Gasteiger partial charge in [-0.2, -0.15) is 11.3 Å². The predicted octanol–water partition coefficient (Wildman–Crippen LogP) is 1.85. The Kier molecular flexibility index (Phi) is 4.34. The Balaban J connectivity index is 1.36. The van der Waals surface area contributed by atoms with Crippen LogP contribution < -0.4 is 0 Å². The van der Waals surface area contributed by atoms with E-state index in [9.17, 15) is 9.59 Å². The van der Waals surface area contributed by atoms with E-state index < -0.39 is 0 Å². The third kappa shape index (κ3) is 2.86. The minimum atomic E-state index is -0.251. The van der Waals surface area contributed by atoms with Gasteiger partial charge in [-0.05, 0) is 35.7 Å². The molecule has 7 heteroatoms. The van der Waals surface area contributed by atoms with Crippen LogP contribution in [0.2, 0.25) is 0 Å². The van der Waals surface area contributed by atoms with Crippen molar-refractivity contribution in [2.45, 2.75) is 37.2 Å². The molecule has 3 aliphatic rings. The molecule has 0 aromatic carbocycles. The van der Waals surface area contributed by atoms with Crippen LogP contribution >= 0.6 is 23.1 Å². The lowest BCUT2D eigenvalue weighted by Crippen LogP contribution is -2.56. The van der Waals surface area contributed by atoms with Gasteiger partial charge in [0.25, 0.3) is 0 Å². The molecule has 2 amide bonds. The zero-order chi connectivity index (χ0) is 16.7. The van der Waals surface area contributed by atoms with Crippen molar-refractivity contribution in [2.24, 2.45) is 0 Å². The average Bonchev–Trinajstić information content (AvgIpc) is 3.26. The molecule has 0 unspecified atom stereocenters. The van der Waals surface area contributed by atoms with Gasteiger partial charge in [-0.1, -0.05) is 0 Å². The van der Waals surface area contributed by atoms with Gasteiger partial charge in [-0.3, -0.25) is 14.5 Å². The van der Waals surface area contributed by atoms with Crippen LogP contribution in [0.15, 0.2) is 16.8 Å². The second-order valence-corrected chi connectivity index (χ2v) is 9.28. The van der Waals surface area contributed by atoms with Gasteiger partial charge < -0.3 is 9.80 Å². The second kappa shape index (κ2) is 6.35. The lowest BCUT2D eigenvalue weighted by molar-refractivity contribution is -0.144. The minimum absolute atomic E-state index is 0.150. The van der Waals surface area contributed by atoms with Crippen molar-refractivity contribution in [3.05, 3.63) is 22.4 Å². The van der Waals surface area contributed by atoms with Gasteiger partial charge in [0.1, 0.15) is 6.04 Å². The van der Waals surface area contributed by atoms with E-state index in [-0.39, 0.29) is 22.7 Å². The maximum Gasteiger partial charge on any atom is 0.246 e. The van der Waals surface area contributed by atoms with Crippen molar-refractivity contribution in [1.82, 2.24) is 14.7 Å². The number of hydrogen-bond acceptors (Lipinski definition) is 5. The second-order valence-electron chi connectivity index (χ2n) is 7.00. The summed E-state index contributed by atoms with van der Waals surface area (Å²) in [7, 11) is 0. The highest BCUT2D eigenvalue weighted by Gasteiger charge is 2.53. The maximum absolute atomic E-state index is 13.0. The zero-order valence-electron chi connectivity index (χ0n) is 13.9. The van der Waals surface area contributed by atoms with Gasteiger partial charge in [0, 0.05) is 44.9 Å². The van der Waals surface area contributed by atoms with Crippen LogP contribution in [0.5, 0.6) is 0 Å². The first-order valence-electron chi connectivity index (χ1n) is 8.55. The largest absolute Gasteiger partial charge is 0.338 e. The first-order chi connectivity index (χ1) is 11.6. The summed E-state index contributed by atoms with van der Waals surface area (Å²) in [6.45, 7) is 6.42. The van der Waals surface area contributed by atoms with Gasteiger partial charge in [0.15, 0.2) is 0 Å². The van der Waals surface area contributed by atoms with Crippen LogP contribution in [0.25, 0.3) is 0 Å². The number of carbonyl (C=O) groups is 2. The van der Waals surface area contributed by atoms with E-state index in [0.29, 0.717) is 6.42 Å². The molecule has 130 valence electrons. The average molecular weight is 366 g/mol. The molecule has 1 aromatic heterocycles. The van der Waals surface area contributed by atoms with Crippen LogP contribution in [0, 0.1) is 0 Å². The van der Waals surface area contributed by atoms with Crippen LogP contribution in [-0.4, -0.2) is 69.4 Å². The predicted molar refractivity (Wildman–Crippen MR) is 96.9 cm³/mol. The van der Waals surface area contributed by atoms with Gasteiger partial charge >= 0.3 is 0 Å². The van der Waals surface area contributed by atoms with Crippen molar-refractivity contribution in [3.8, 4) is 0 Å². The topological polar surface area (TPSA) is 43.9 Å². The fourth-order valence-corrected chi connectivity index (χ4v) is 6.06. The molecule has 24 heavy (non-hydrogen) atoms. The van der Waals surface area contributed by atoms with Crippen LogP contribution in [0.3, 0.4) is 0 Å². The quantitative estimate of drug-likeness (QED) is 0.820. The SMILES string of the molecule is C[C@]12CCC(=O)N1[C@@H](C(=O)N1CCN(Cc3ccsc3)CC1)CS2. The normalized spacial score (nSPS) is 30.9. The third-order valence-electron chi connectivity index (χ3n) is 5.40. The van der Waals surface area contributed by atoms with E-state index in [1.807, 2.05) is 9.80 Å². The molecule has 0 spiro atoms. The molecular weight excluding hydrogens is 342 g/mol. The first kappa shape index (κ1) is 16.4. The lowest BCUT2D eigenvalue weighted by atomic mass is 10.2. The third-order valence-corrected chi connectivity index (χ3v) is 7.64. The van der Waals surface area contributed by atoms with Gasteiger partial charge in [0.05, 0.1) is 4.87 Å². The molecule has 3 saturated heterocycles. The first-order valence-corrected chi connectivity index (χ1v) is 10.5. The molecular formula is C17H23N3O2S2.